The van der Waals surface area contributed by atoms with Crippen LogP contribution in [0.1, 0.15) is 22.7 Å². The molecule has 2 aromatic rings. The van der Waals surface area contributed by atoms with Crippen LogP contribution in [0.5, 0.6) is 11.5 Å². The van der Waals surface area contributed by atoms with E-state index in [4.69, 9.17) is 4.74 Å². The van der Waals surface area contributed by atoms with Crippen LogP contribution in [-0.4, -0.2) is 44.6 Å². The Labute approximate surface area is 193 Å². The SMILES string of the molecule is COc1ccc([C@@H](c2ccc(OC(F)(F)F)cc2)N2CCNCC2)c(C(F)(F)F)c1.Cl.Cl. The van der Waals surface area contributed by atoms with Gasteiger partial charge in [0.05, 0.1) is 18.7 Å². The number of hydrogen-bond acceptors (Lipinski definition) is 4. The summed E-state index contributed by atoms with van der Waals surface area (Å²) in [7, 11) is 1.28. The average molecular weight is 507 g/mol. The lowest BCUT2D eigenvalue weighted by atomic mass is 9.92. The predicted octanol–water partition coefficient (Wildman–Crippen LogP) is 5.45. The van der Waals surface area contributed by atoms with Crippen molar-refractivity contribution in [2.75, 3.05) is 33.3 Å². The van der Waals surface area contributed by atoms with Crippen LogP contribution < -0.4 is 14.8 Å². The minimum absolute atomic E-state index is 0. The molecule has 4 nitrogen and oxygen atoms in total. The van der Waals surface area contributed by atoms with Gasteiger partial charge in [0.1, 0.15) is 11.5 Å². The number of nitrogens with one attached hydrogen (secondary N) is 1. The molecule has 0 unspecified atom stereocenters. The van der Waals surface area contributed by atoms with Crippen molar-refractivity contribution in [1.29, 1.82) is 0 Å². The van der Waals surface area contributed by atoms with Crippen LogP contribution in [-0.2, 0) is 6.18 Å². The predicted molar refractivity (Wildman–Crippen MR) is 112 cm³/mol. The number of benzene rings is 2. The molecule has 1 fully saturated rings. The summed E-state index contributed by atoms with van der Waals surface area (Å²) in [6.07, 6.45) is -9.48. The third-order valence-electron chi connectivity index (χ3n) is 4.81. The normalized spacial score (nSPS) is 15.8. The molecule has 1 saturated heterocycles. The molecule has 0 aliphatic carbocycles. The highest BCUT2D eigenvalue weighted by molar-refractivity contribution is 5.85. The van der Waals surface area contributed by atoms with Gasteiger partial charge in [0.15, 0.2) is 0 Å². The summed E-state index contributed by atoms with van der Waals surface area (Å²) in [6.45, 7) is 2.14. The number of alkyl halides is 6. The molecule has 1 aliphatic rings. The monoisotopic (exact) mass is 506 g/mol. The van der Waals surface area contributed by atoms with Crippen LogP contribution in [0.4, 0.5) is 26.3 Å². The zero-order valence-corrected chi connectivity index (χ0v) is 18.4. The van der Waals surface area contributed by atoms with Crippen molar-refractivity contribution < 1.29 is 35.8 Å². The molecule has 1 aliphatic heterocycles. The van der Waals surface area contributed by atoms with Gasteiger partial charge in [-0.05, 0) is 35.4 Å². The van der Waals surface area contributed by atoms with Crippen LogP contribution >= 0.6 is 24.8 Å². The Morgan fingerprint density at radius 2 is 1.44 bits per heavy atom. The molecule has 12 heteroatoms. The summed E-state index contributed by atoms with van der Waals surface area (Å²) in [5, 5.41) is 3.14. The molecule has 1 atom stereocenters. The van der Waals surface area contributed by atoms with Gasteiger partial charge in [0, 0.05) is 26.2 Å². The molecule has 0 spiro atoms. The largest absolute Gasteiger partial charge is 0.573 e. The third kappa shape index (κ3) is 7.06. The van der Waals surface area contributed by atoms with Crippen LogP contribution in [0.3, 0.4) is 0 Å². The summed E-state index contributed by atoms with van der Waals surface area (Å²) in [6, 6.07) is 7.87. The number of methoxy groups -OCH3 is 1. The van der Waals surface area contributed by atoms with E-state index in [1.807, 2.05) is 4.90 Å². The van der Waals surface area contributed by atoms with Gasteiger partial charge >= 0.3 is 12.5 Å². The van der Waals surface area contributed by atoms with E-state index in [9.17, 15) is 26.3 Å². The fourth-order valence-electron chi connectivity index (χ4n) is 3.53. The lowest BCUT2D eigenvalue weighted by Crippen LogP contribution is -2.45. The average Bonchev–Trinajstić information content (AvgIpc) is 2.68. The van der Waals surface area contributed by atoms with Crippen molar-refractivity contribution in [2.45, 2.75) is 18.6 Å². The Kier molecular flexibility index (Phi) is 9.95. The van der Waals surface area contributed by atoms with Crippen LogP contribution in [0.2, 0.25) is 0 Å². The first kappa shape index (κ1) is 28.2. The number of piperazine rings is 1. The Morgan fingerprint density at radius 1 is 0.875 bits per heavy atom. The molecule has 0 radical (unpaired) electrons. The van der Waals surface area contributed by atoms with Gasteiger partial charge in [-0.25, -0.2) is 0 Å². The second-order valence-electron chi connectivity index (χ2n) is 6.76. The molecular weight excluding hydrogens is 485 g/mol. The highest BCUT2D eigenvalue weighted by Gasteiger charge is 2.38. The number of hydrogen-bond donors (Lipinski definition) is 1. The smallest absolute Gasteiger partial charge is 0.497 e. The summed E-state index contributed by atoms with van der Waals surface area (Å²) in [5.41, 5.74) is -0.405. The molecule has 3 rings (SSSR count). The molecule has 0 amide bonds. The van der Waals surface area contributed by atoms with Crippen molar-refractivity contribution in [1.82, 2.24) is 10.2 Å². The summed E-state index contributed by atoms with van der Waals surface area (Å²) in [4.78, 5) is 1.87. The van der Waals surface area contributed by atoms with E-state index in [0.717, 1.165) is 18.2 Å². The Bertz CT molecular complexity index is 857. The third-order valence-corrected chi connectivity index (χ3v) is 4.81. The first-order valence-corrected chi connectivity index (χ1v) is 9.14. The van der Waals surface area contributed by atoms with Crippen LogP contribution in [0, 0.1) is 0 Å². The first-order chi connectivity index (χ1) is 14.1. The van der Waals surface area contributed by atoms with E-state index in [2.05, 4.69) is 10.1 Å². The summed E-state index contributed by atoms with van der Waals surface area (Å²) < 4.78 is 87.6. The Balaban J connectivity index is 0.00000256. The number of rotatable bonds is 5. The van der Waals surface area contributed by atoms with Crippen molar-refractivity contribution in [2.24, 2.45) is 0 Å². The van der Waals surface area contributed by atoms with E-state index in [1.54, 1.807) is 0 Å². The Morgan fingerprint density at radius 3 is 1.94 bits per heavy atom. The van der Waals surface area contributed by atoms with Crippen LogP contribution in [0.25, 0.3) is 0 Å². The fraction of sp³-hybridized carbons (Fsp3) is 0.400. The molecule has 0 saturated carbocycles. The lowest BCUT2D eigenvalue weighted by Gasteiger charge is -2.36. The second kappa shape index (κ2) is 11.3. The molecule has 1 heterocycles. The molecule has 32 heavy (non-hydrogen) atoms. The van der Waals surface area contributed by atoms with Gasteiger partial charge in [-0.1, -0.05) is 18.2 Å². The van der Waals surface area contributed by atoms with Crippen molar-refractivity contribution in [3.8, 4) is 11.5 Å². The molecule has 2 aromatic carbocycles. The molecule has 0 bridgehead atoms. The van der Waals surface area contributed by atoms with E-state index in [1.165, 1.54) is 31.4 Å². The molecule has 180 valence electrons. The highest BCUT2D eigenvalue weighted by atomic mass is 35.5. The maximum absolute atomic E-state index is 13.8. The molecule has 0 aromatic heterocycles. The fourth-order valence-corrected chi connectivity index (χ4v) is 3.53. The summed E-state index contributed by atoms with van der Waals surface area (Å²) in [5.74, 6) is -0.366. The maximum atomic E-state index is 13.8. The zero-order chi connectivity index (χ0) is 21.9. The minimum atomic E-state index is -4.85. The topological polar surface area (TPSA) is 33.7 Å². The Hall–Kier alpha value is -1.88. The van der Waals surface area contributed by atoms with E-state index in [0.29, 0.717) is 31.7 Å². The van der Waals surface area contributed by atoms with Gasteiger partial charge in [0.25, 0.3) is 0 Å². The quantitative estimate of drug-likeness (QED) is 0.546. The van der Waals surface area contributed by atoms with Crippen molar-refractivity contribution in [3.05, 3.63) is 59.2 Å². The molecule has 1 N–H and O–H groups in total. The number of ether oxygens (including phenoxy) is 2. The number of nitrogens with zero attached hydrogens (tertiary/aromatic N) is 1. The maximum Gasteiger partial charge on any atom is 0.573 e. The van der Waals surface area contributed by atoms with Crippen molar-refractivity contribution in [3.63, 3.8) is 0 Å². The zero-order valence-electron chi connectivity index (χ0n) is 16.8. The second-order valence-corrected chi connectivity index (χ2v) is 6.76. The van der Waals surface area contributed by atoms with Gasteiger partial charge in [0.2, 0.25) is 0 Å². The van der Waals surface area contributed by atoms with E-state index < -0.39 is 29.9 Å². The van der Waals surface area contributed by atoms with E-state index in [-0.39, 0.29) is 36.1 Å². The highest BCUT2D eigenvalue weighted by Crippen LogP contribution is 2.41. The minimum Gasteiger partial charge on any atom is -0.497 e. The first-order valence-electron chi connectivity index (χ1n) is 9.14. The summed E-state index contributed by atoms with van der Waals surface area (Å²) >= 11 is 0. The van der Waals surface area contributed by atoms with Crippen molar-refractivity contribution >= 4 is 24.8 Å². The van der Waals surface area contributed by atoms with Gasteiger partial charge in [-0.3, -0.25) is 4.90 Å². The van der Waals surface area contributed by atoms with Gasteiger partial charge < -0.3 is 14.8 Å². The van der Waals surface area contributed by atoms with E-state index >= 15 is 0 Å². The van der Waals surface area contributed by atoms with Gasteiger partial charge in [-0.2, -0.15) is 13.2 Å². The van der Waals surface area contributed by atoms with Crippen LogP contribution in [0.15, 0.2) is 42.5 Å². The van der Waals surface area contributed by atoms with Gasteiger partial charge in [-0.15, -0.1) is 38.0 Å². The standard InChI is InChI=1S/C20H20F6N2O2.2ClH/c1-29-15-6-7-16(17(12-15)19(21,22)23)18(28-10-8-27-9-11-28)13-2-4-14(5-3-13)30-20(24,25)26;;/h2-7,12,18,27H,8-11H2,1H3;2*1H/t18-;;/m1../s1. The number of halogens is 8. The molecular formula is C20H22Cl2F6N2O2. The lowest BCUT2D eigenvalue weighted by molar-refractivity contribution is -0.274.